The second-order valence-electron chi connectivity index (χ2n) is 6.59. The molecule has 0 aliphatic heterocycles. The molecule has 0 saturated carbocycles. The Morgan fingerprint density at radius 2 is 2.03 bits per heavy atom. The Balaban J connectivity index is 2.06. The van der Waals surface area contributed by atoms with E-state index in [1.807, 2.05) is 0 Å². The molecule has 30 heavy (non-hydrogen) atoms. The van der Waals surface area contributed by atoms with Crippen LogP contribution in [-0.4, -0.2) is 47.9 Å². The summed E-state index contributed by atoms with van der Waals surface area (Å²) in [7, 11) is 4.46. The zero-order valence-corrected chi connectivity index (χ0v) is 17.7. The fraction of sp³-hybridized carbons (Fsp3) is 0.300. The number of hydrogen-bond acceptors (Lipinski definition) is 7. The number of carbonyl (C=O) groups excluding carboxylic acids is 2. The van der Waals surface area contributed by atoms with Gasteiger partial charge in [0.1, 0.15) is 23.3 Å². The van der Waals surface area contributed by atoms with Gasteiger partial charge in [0.25, 0.3) is 5.91 Å². The van der Waals surface area contributed by atoms with Crippen molar-refractivity contribution in [3.63, 3.8) is 0 Å². The molecule has 2 heterocycles. The van der Waals surface area contributed by atoms with Gasteiger partial charge >= 0.3 is 0 Å². The molecule has 0 fully saturated rings. The van der Waals surface area contributed by atoms with Crippen molar-refractivity contribution in [2.45, 2.75) is 19.6 Å². The van der Waals surface area contributed by atoms with E-state index in [9.17, 15) is 14.0 Å². The number of hydrogen-bond donors (Lipinski definition) is 1. The SMILES string of the molecule is COCc1nc(OC)c2c(C)c(C(=O)N(C)C(C(N)=O)c3cccc(F)c3)sc2n1. The minimum Gasteiger partial charge on any atom is -0.480 e. The number of benzene rings is 1. The maximum Gasteiger partial charge on any atom is 0.264 e. The van der Waals surface area contributed by atoms with E-state index in [0.29, 0.717) is 32.4 Å². The Bertz CT molecular complexity index is 1120. The molecule has 1 unspecified atom stereocenters. The first kappa shape index (κ1) is 21.6. The summed E-state index contributed by atoms with van der Waals surface area (Å²) in [6.07, 6.45) is 0. The molecule has 10 heteroatoms. The Labute approximate surface area is 176 Å². The molecule has 0 bridgehead atoms. The monoisotopic (exact) mass is 432 g/mol. The predicted molar refractivity (Wildman–Crippen MR) is 110 cm³/mol. The van der Waals surface area contributed by atoms with Crippen molar-refractivity contribution in [3.05, 3.63) is 51.9 Å². The highest BCUT2D eigenvalue weighted by atomic mass is 32.1. The van der Waals surface area contributed by atoms with Gasteiger partial charge in [0.15, 0.2) is 5.82 Å². The fourth-order valence-corrected chi connectivity index (χ4v) is 4.40. The average molecular weight is 432 g/mol. The lowest BCUT2D eigenvalue weighted by Gasteiger charge is -2.26. The summed E-state index contributed by atoms with van der Waals surface area (Å²) < 4.78 is 24.1. The number of rotatable bonds is 7. The van der Waals surface area contributed by atoms with Gasteiger partial charge in [-0.25, -0.2) is 9.37 Å². The van der Waals surface area contributed by atoms with Crippen LogP contribution >= 0.6 is 11.3 Å². The van der Waals surface area contributed by atoms with Crippen molar-refractivity contribution in [2.24, 2.45) is 5.73 Å². The number of halogens is 1. The number of ether oxygens (including phenoxy) is 2. The first-order valence-electron chi connectivity index (χ1n) is 8.93. The van der Waals surface area contributed by atoms with Crippen LogP contribution in [0.5, 0.6) is 5.88 Å². The number of aromatic nitrogens is 2. The molecule has 1 aromatic carbocycles. The maximum atomic E-state index is 13.7. The Hall–Kier alpha value is -3.11. The molecule has 0 aliphatic carbocycles. The van der Waals surface area contributed by atoms with Crippen molar-refractivity contribution in [2.75, 3.05) is 21.3 Å². The van der Waals surface area contributed by atoms with E-state index in [-0.39, 0.29) is 12.2 Å². The van der Waals surface area contributed by atoms with Crippen LogP contribution in [0.3, 0.4) is 0 Å². The Morgan fingerprint density at radius 1 is 1.30 bits per heavy atom. The number of likely N-dealkylation sites (N-methyl/N-ethyl adjacent to an activating group) is 1. The van der Waals surface area contributed by atoms with E-state index in [1.165, 1.54) is 44.4 Å². The van der Waals surface area contributed by atoms with Crippen LogP contribution in [0.25, 0.3) is 10.2 Å². The van der Waals surface area contributed by atoms with Gasteiger partial charge in [0.05, 0.1) is 17.4 Å². The summed E-state index contributed by atoms with van der Waals surface area (Å²) in [5.74, 6) is -0.985. The van der Waals surface area contributed by atoms with Gasteiger partial charge in [0.2, 0.25) is 11.8 Å². The van der Waals surface area contributed by atoms with Gasteiger partial charge in [-0.3, -0.25) is 9.59 Å². The molecule has 3 rings (SSSR count). The molecule has 2 aromatic heterocycles. The lowest BCUT2D eigenvalue weighted by Crippen LogP contribution is -2.39. The first-order valence-corrected chi connectivity index (χ1v) is 9.75. The van der Waals surface area contributed by atoms with Gasteiger partial charge in [0, 0.05) is 14.2 Å². The van der Waals surface area contributed by atoms with E-state index in [4.69, 9.17) is 15.2 Å². The summed E-state index contributed by atoms with van der Waals surface area (Å²) in [5.41, 5.74) is 6.45. The number of fused-ring (bicyclic) bond motifs is 1. The van der Waals surface area contributed by atoms with E-state index >= 15 is 0 Å². The van der Waals surface area contributed by atoms with E-state index in [2.05, 4.69) is 9.97 Å². The maximum absolute atomic E-state index is 13.7. The van der Waals surface area contributed by atoms with Crippen molar-refractivity contribution >= 4 is 33.4 Å². The summed E-state index contributed by atoms with van der Waals surface area (Å²) in [6.45, 7) is 1.94. The molecule has 0 saturated heterocycles. The third kappa shape index (κ3) is 3.96. The number of methoxy groups -OCH3 is 2. The quantitative estimate of drug-likeness (QED) is 0.615. The molecule has 8 nitrogen and oxygen atoms in total. The van der Waals surface area contributed by atoms with E-state index < -0.39 is 23.7 Å². The highest BCUT2D eigenvalue weighted by Crippen LogP contribution is 2.36. The second kappa shape index (κ2) is 8.72. The molecule has 2 amide bonds. The van der Waals surface area contributed by atoms with Crippen molar-refractivity contribution in [3.8, 4) is 5.88 Å². The lowest BCUT2D eigenvalue weighted by molar-refractivity contribution is -0.122. The van der Waals surface area contributed by atoms with Gasteiger partial charge in [-0.1, -0.05) is 12.1 Å². The number of primary amides is 1. The van der Waals surface area contributed by atoms with E-state index in [1.54, 1.807) is 13.0 Å². The zero-order chi connectivity index (χ0) is 22.0. The van der Waals surface area contributed by atoms with Crippen LogP contribution < -0.4 is 10.5 Å². The van der Waals surface area contributed by atoms with Gasteiger partial charge < -0.3 is 20.1 Å². The fourth-order valence-electron chi connectivity index (χ4n) is 3.22. The normalized spacial score (nSPS) is 12.0. The summed E-state index contributed by atoms with van der Waals surface area (Å²) in [4.78, 5) is 36.3. The number of amides is 2. The molecule has 2 N–H and O–H groups in total. The Morgan fingerprint density at radius 3 is 2.63 bits per heavy atom. The number of thiophene rings is 1. The molecule has 1 atom stereocenters. The van der Waals surface area contributed by atoms with Crippen LogP contribution in [-0.2, 0) is 16.1 Å². The van der Waals surface area contributed by atoms with Crippen molar-refractivity contribution in [1.29, 1.82) is 0 Å². The number of nitrogens with zero attached hydrogens (tertiary/aromatic N) is 3. The summed E-state index contributed by atoms with van der Waals surface area (Å²) in [6, 6.07) is 4.31. The highest BCUT2D eigenvalue weighted by Gasteiger charge is 2.31. The first-order chi connectivity index (χ1) is 14.3. The average Bonchev–Trinajstić information content (AvgIpc) is 3.03. The molecule has 158 valence electrons. The third-order valence-electron chi connectivity index (χ3n) is 4.61. The standard InChI is InChI=1S/C20H21FN4O4S/c1-10-14-18(29-4)23-13(9-28-3)24-19(14)30-16(10)20(27)25(2)15(17(22)26)11-6-5-7-12(21)8-11/h5-8,15H,9H2,1-4H3,(H2,22,26). The number of nitrogens with two attached hydrogens (primary N) is 1. The second-order valence-corrected chi connectivity index (χ2v) is 7.59. The van der Waals surface area contributed by atoms with Gasteiger partial charge in [-0.15, -0.1) is 11.3 Å². The van der Waals surface area contributed by atoms with Crippen LogP contribution in [0.4, 0.5) is 4.39 Å². The predicted octanol–water partition coefficient (Wildman–Crippen LogP) is 2.59. The summed E-state index contributed by atoms with van der Waals surface area (Å²) in [5, 5.41) is 0.612. The number of aryl methyl sites for hydroxylation is 1. The third-order valence-corrected chi connectivity index (χ3v) is 5.78. The van der Waals surface area contributed by atoms with Crippen LogP contribution in [0.1, 0.15) is 32.7 Å². The molecule has 0 aliphatic rings. The summed E-state index contributed by atoms with van der Waals surface area (Å²) >= 11 is 1.15. The minimum absolute atomic E-state index is 0.190. The molecule has 0 radical (unpaired) electrons. The largest absolute Gasteiger partial charge is 0.480 e. The number of carbonyl (C=O) groups is 2. The van der Waals surface area contributed by atoms with Crippen molar-refractivity contribution < 1.29 is 23.5 Å². The van der Waals surface area contributed by atoms with Crippen LogP contribution in [0.15, 0.2) is 24.3 Å². The van der Waals surface area contributed by atoms with Gasteiger partial charge in [-0.2, -0.15) is 4.98 Å². The lowest BCUT2D eigenvalue weighted by atomic mass is 10.0. The zero-order valence-electron chi connectivity index (χ0n) is 16.9. The van der Waals surface area contributed by atoms with Crippen LogP contribution in [0, 0.1) is 12.7 Å². The minimum atomic E-state index is -1.13. The molecular formula is C20H21FN4O4S. The molecule has 0 spiro atoms. The molecular weight excluding hydrogens is 411 g/mol. The Kier molecular flexibility index (Phi) is 6.28. The molecule has 3 aromatic rings. The van der Waals surface area contributed by atoms with E-state index in [0.717, 1.165) is 11.3 Å². The van der Waals surface area contributed by atoms with Crippen molar-refractivity contribution in [1.82, 2.24) is 14.9 Å². The smallest absolute Gasteiger partial charge is 0.264 e. The topological polar surface area (TPSA) is 108 Å². The van der Waals surface area contributed by atoms with Gasteiger partial charge in [-0.05, 0) is 30.2 Å². The highest BCUT2D eigenvalue weighted by molar-refractivity contribution is 7.20. The van der Waals surface area contributed by atoms with Crippen LogP contribution in [0.2, 0.25) is 0 Å².